The van der Waals surface area contributed by atoms with E-state index in [0.29, 0.717) is 0 Å². The highest BCUT2D eigenvalue weighted by molar-refractivity contribution is 5.84. The minimum Gasteiger partial charge on any atom is -0.399 e. The van der Waals surface area contributed by atoms with Crippen LogP contribution in [0.2, 0.25) is 0 Å². The monoisotopic (exact) mass is 175 g/mol. The van der Waals surface area contributed by atoms with Crippen molar-refractivity contribution in [3.8, 4) is 0 Å². The SMILES string of the molecule is CCn1nc2ccc(N)cc2c1C. The number of nitrogens with zero attached hydrogens (tertiary/aromatic N) is 2. The van der Waals surface area contributed by atoms with E-state index in [9.17, 15) is 0 Å². The van der Waals surface area contributed by atoms with Gasteiger partial charge in [-0.25, -0.2) is 0 Å². The van der Waals surface area contributed by atoms with Gasteiger partial charge in [-0.2, -0.15) is 5.10 Å². The van der Waals surface area contributed by atoms with E-state index >= 15 is 0 Å². The van der Waals surface area contributed by atoms with Crippen LogP contribution < -0.4 is 5.73 Å². The minimum absolute atomic E-state index is 0.797. The predicted octanol–water partition coefficient (Wildman–Crippen LogP) is 1.95. The van der Waals surface area contributed by atoms with Gasteiger partial charge < -0.3 is 5.73 Å². The first-order valence-corrected chi connectivity index (χ1v) is 4.45. The van der Waals surface area contributed by atoms with E-state index in [1.165, 1.54) is 5.69 Å². The van der Waals surface area contributed by atoms with Gasteiger partial charge in [-0.05, 0) is 32.0 Å². The summed E-state index contributed by atoms with van der Waals surface area (Å²) in [6, 6.07) is 5.82. The number of aromatic nitrogens is 2. The normalized spacial score (nSPS) is 10.9. The van der Waals surface area contributed by atoms with Crippen molar-refractivity contribution in [1.82, 2.24) is 9.78 Å². The number of benzene rings is 1. The maximum Gasteiger partial charge on any atom is 0.0927 e. The molecule has 68 valence electrons. The van der Waals surface area contributed by atoms with Crippen LogP contribution in [-0.4, -0.2) is 9.78 Å². The molecule has 0 spiro atoms. The number of rotatable bonds is 1. The molecule has 0 fully saturated rings. The van der Waals surface area contributed by atoms with Crippen LogP contribution >= 0.6 is 0 Å². The van der Waals surface area contributed by atoms with Crippen molar-refractivity contribution in [3.63, 3.8) is 0 Å². The Kier molecular flexibility index (Phi) is 1.72. The highest BCUT2D eigenvalue weighted by Gasteiger charge is 2.04. The van der Waals surface area contributed by atoms with Crippen molar-refractivity contribution in [2.45, 2.75) is 20.4 Å². The number of nitrogens with two attached hydrogens (primary N) is 1. The van der Waals surface area contributed by atoms with E-state index in [4.69, 9.17) is 5.73 Å². The van der Waals surface area contributed by atoms with Crippen LogP contribution in [-0.2, 0) is 6.54 Å². The largest absolute Gasteiger partial charge is 0.399 e. The van der Waals surface area contributed by atoms with Crippen LogP contribution in [0.25, 0.3) is 10.9 Å². The summed E-state index contributed by atoms with van der Waals surface area (Å²) < 4.78 is 1.99. The molecule has 0 bridgehead atoms. The first-order chi connectivity index (χ1) is 6.22. The third-order valence-electron chi connectivity index (χ3n) is 2.33. The maximum atomic E-state index is 5.71. The van der Waals surface area contributed by atoms with Crippen LogP contribution in [0.5, 0.6) is 0 Å². The highest BCUT2D eigenvalue weighted by Crippen LogP contribution is 2.19. The van der Waals surface area contributed by atoms with Crippen molar-refractivity contribution in [3.05, 3.63) is 23.9 Å². The summed E-state index contributed by atoms with van der Waals surface area (Å²) in [6.07, 6.45) is 0. The Labute approximate surface area is 77.2 Å². The summed E-state index contributed by atoms with van der Waals surface area (Å²) in [5, 5.41) is 5.59. The number of nitrogen functional groups attached to an aromatic ring is 1. The summed E-state index contributed by atoms with van der Waals surface area (Å²) in [4.78, 5) is 0. The van der Waals surface area contributed by atoms with E-state index in [1.807, 2.05) is 22.9 Å². The molecule has 0 unspecified atom stereocenters. The fourth-order valence-electron chi connectivity index (χ4n) is 1.58. The Bertz CT molecular complexity index is 443. The second kappa shape index (κ2) is 2.76. The first kappa shape index (κ1) is 8.10. The van der Waals surface area contributed by atoms with Crippen LogP contribution in [0.15, 0.2) is 18.2 Å². The van der Waals surface area contributed by atoms with Crippen molar-refractivity contribution in [2.75, 3.05) is 5.73 Å². The topological polar surface area (TPSA) is 43.8 Å². The quantitative estimate of drug-likeness (QED) is 0.673. The third kappa shape index (κ3) is 1.16. The summed E-state index contributed by atoms with van der Waals surface area (Å²) in [5.74, 6) is 0. The molecule has 0 saturated carbocycles. The van der Waals surface area contributed by atoms with E-state index in [-0.39, 0.29) is 0 Å². The van der Waals surface area contributed by atoms with Crippen molar-refractivity contribution < 1.29 is 0 Å². The van der Waals surface area contributed by atoms with Crippen LogP contribution in [0.4, 0.5) is 5.69 Å². The molecule has 2 rings (SSSR count). The number of fused-ring (bicyclic) bond motifs is 1. The minimum atomic E-state index is 0.797. The van der Waals surface area contributed by atoms with Crippen LogP contribution in [0.3, 0.4) is 0 Å². The Morgan fingerprint density at radius 2 is 2.23 bits per heavy atom. The fraction of sp³-hybridized carbons (Fsp3) is 0.300. The van der Waals surface area contributed by atoms with Gasteiger partial charge in [0.15, 0.2) is 0 Å². The lowest BCUT2D eigenvalue weighted by Crippen LogP contribution is -1.97. The van der Waals surface area contributed by atoms with Gasteiger partial charge in [0.2, 0.25) is 0 Å². The molecule has 3 nitrogen and oxygen atoms in total. The van der Waals surface area contributed by atoms with E-state index < -0.39 is 0 Å². The Morgan fingerprint density at radius 3 is 2.92 bits per heavy atom. The van der Waals surface area contributed by atoms with Gasteiger partial charge in [-0.15, -0.1) is 0 Å². The number of hydrogen-bond donors (Lipinski definition) is 1. The van der Waals surface area contributed by atoms with Gasteiger partial charge in [0.1, 0.15) is 0 Å². The summed E-state index contributed by atoms with van der Waals surface area (Å²) in [6.45, 7) is 5.06. The van der Waals surface area contributed by atoms with E-state index in [0.717, 1.165) is 23.1 Å². The maximum absolute atomic E-state index is 5.71. The zero-order chi connectivity index (χ0) is 9.42. The first-order valence-electron chi connectivity index (χ1n) is 4.45. The lowest BCUT2D eigenvalue weighted by Gasteiger charge is -1.96. The van der Waals surface area contributed by atoms with Gasteiger partial charge in [-0.1, -0.05) is 0 Å². The standard InChI is InChI=1S/C10H13N3/c1-3-13-7(2)9-6-8(11)4-5-10(9)12-13/h4-6H,3,11H2,1-2H3. The molecule has 3 heteroatoms. The van der Waals surface area contributed by atoms with Crippen molar-refractivity contribution in [2.24, 2.45) is 0 Å². The molecule has 1 aromatic carbocycles. The molecule has 0 aliphatic heterocycles. The van der Waals surface area contributed by atoms with Gasteiger partial charge in [0.05, 0.1) is 5.52 Å². The molecule has 1 heterocycles. The average molecular weight is 175 g/mol. The molecule has 0 amide bonds. The summed E-state index contributed by atoms with van der Waals surface area (Å²) >= 11 is 0. The molecule has 0 atom stereocenters. The summed E-state index contributed by atoms with van der Waals surface area (Å²) in [7, 11) is 0. The fourth-order valence-corrected chi connectivity index (χ4v) is 1.58. The molecule has 0 aliphatic rings. The Morgan fingerprint density at radius 1 is 1.46 bits per heavy atom. The Balaban J connectivity index is 2.77. The third-order valence-corrected chi connectivity index (χ3v) is 2.33. The smallest absolute Gasteiger partial charge is 0.0927 e. The van der Waals surface area contributed by atoms with Crippen molar-refractivity contribution in [1.29, 1.82) is 0 Å². The zero-order valence-corrected chi connectivity index (χ0v) is 7.91. The zero-order valence-electron chi connectivity index (χ0n) is 7.91. The molecule has 2 N–H and O–H groups in total. The van der Waals surface area contributed by atoms with Gasteiger partial charge in [0.25, 0.3) is 0 Å². The van der Waals surface area contributed by atoms with Crippen LogP contribution in [0.1, 0.15) is 12.6 Å². The highest BCUT2D eigenvalue weighted by atomic mass is 15.3. The predicted molar refractivity (Wildman–Crippen MR) is 54.6 cm³/mol. The molecular weight excluding hydrogens is 162 g/mol. The Hall–Kier alpha value is -1.51. The average Bonchev–Trinajstić information content (AvgIpc) is 2.44. The van der Waals surface area contributed by atoms with E-state index in [2.05, 4.69) is 18.9 Å². The molecule has 0 aliphatic carbocycles. The number of hydrogen-bond acceptors (Lipinski definition) is 2. The lowest BCUT2D eigenvalue weighted by molar-refractivity contribution is 0.647. The number of aryl methyl sites for hydroxylation is 2. The second-order valence-corrected chi connectivity index (χ2v) is 3.18. The molecule has 13 heavy (non-hydrogen) atoms. The number of anilines is 1. The molecule has 0 saturated heterocycles. The second-order valence-electron chi connectivity index (χ2n) is 3.18. The van der Waals surface area contributed by atoms with Gasteiger partial charge in [-0.3, -0.25) is 4.68 Å². The van der Waals surface area contributed by atoms with Gasteiger partial charge in [0, 0.05) is 23.3 Å². The van der Waals surface area contributed by atoms with Crippen molar-refractivity contribution >= 4 is 16.6 Å². The van der Waals surface area contributed by atoms with Gasteiger partial charge >= 0.3 is 0 Å². The summed E-state index contributed by atoms with van der Waals surface area (Å²) in [5.41, 5.74) is 8.71. The molecular formula is C10H13N3. The molecule has 0 radical (unpaired) electrons. The van der Waals surface area contributed by atoms with E-state index in [1.54, 1.807) is 0 Å². The molecule has 1 aromatic heterocycles. The van der Waals surface area contributed by atoms with Crippen LogP contribution in [0, 0.1) is 6.92 Å². The molecule has 2 aromatic rings. The lowest BCUT2D eigenvalue weighted by atomic mass is 10.2.